The molecule has 1 aromatic rings. The van der Waals surface area contributed by atoms with Crippen LogP contribution in [-0.4, -0.2) is 33.8 Å². The average molecular weight is 337 g/mol. The molecule has 0 radical (unpaired) electrons. The first-order chi connectivity index (χ1) is 10.7. The van der Waals surface area contributed by atoms with Crippen molar-refractivity contribution in [3.63, 3.8) is 0 Å². The molecule has 1 fully saturated rings. The molecular weight excluding hydrogens is 308 g/mol. The Labute approximate surface area is 141 Å². The van der Waals surface area contributed by atoms with Gasteiger partial charge in [-0.05, 0) is 51.7 Å². The Balaban J connectivity index is 1.77. The third kappa shape index (κ3) is 4.80. The Bertz CT molecular complexity index is 589. The lowest BCUT2D eigenvalue weighted by atomic mass is 9.92. The third-order valence-corrected chi connectivity index (χ3v) is 6.35. The van der Waals surface area contributed by atoms with Crippen molar-refractivity contribution in [1.82, 2.24) is 10.6 Å². The van der Waals surface area contributed by atoms with Crippen LogP contribution in [0.2, 0.25) is 0 Å². The molecule has 0 saturated heterocycles. The Kier molecular flexibility index (Phi) is 5.50. The number of hydrogen-bond donors (Lipinski definition) is 2. The summed E-state index contributed by atoms with van der Waals surface area (Å²) < 4.78 is 11.7. The SMILES string of the molecule is Cc1ccccc1C1(CNC(=O)NCC[S@](=O)C(C)(C)C)CC1. The van der Waals surface area contributed by atoms with Crippen molar-refractivity contribution in [1.29, 1.82) is 0 Å². The molecule has 0 aromatic heterocycles. The van der Waals surface area contributed by atoms with Crippen LogP contribution in [0.3, 0.4) is 0 Å². The van der Waals surface area contributed by atoms with Gasteiger partial charge in [0.1, 0.15) is 0 Å². The van der Waals surface area contributed by atoms with Crippen LogP contribution in [0.15, 0.2) is 24.3 Å². The van der Waals surface area contributed by atoms with Gasteiger partial charge < -0.3 is 10.6 Å². The molecule has 128 valence electrons. The molecule has 1 saturated carbocycles. The highest BCUT2D eigenvalue weighted by molar-refractivity contribution is 7.86. The zero-order valence-electron chi connectivity index (χ0n) is 14.6. The maximum absolute atomic E-state index is 11.9. The topological polar surface area (TPSA) is 58.2 Å². The predicted octanol–water partition coefficient (Wildman–Crippen LogP) is 2.87. The number of carbonyl (C=O) groups excluding carboxylic acids is 1. The summed E-state index contributed by atoms with van der Waals surface area (Å²) >= 11 is 0. The second-order valence-electron chi connectivity index (χ2n) is 7.37. The summed E-state index contributed by atoms with van der Waals surface area (Å²) in [5.41, 5.74) is 2.73. The van der Waals surface area contributed by atoms with Gasteiger partial charge in [-0.2, -0.15) is 0 Å². The lowest BCUT2D eigenvalue weighted by Crippen LogP contribution is -2.42. The lowest BCUT2D eigenvalue weighted by molar-refractivity contribution is 0.240. The average Bonchev–Trinajstić information content (AvgIpc) is 3.25. The number of urea groups is 1. The van der Waals surface area contributed by atoms with E-state index in [-0.39, 0.29) is 16.2 Å². The van der Waals surface area contributed by atoms with Gasteiger partial charge in [0, 0.05) is 39.8 Å². The van der Waals surface area contributed by atoms with E-state index in [0.29, 0.717) is 18.8 Å². The van der Waals surface area contributed by atoms with Crippen molar-refractivity contribution in [2.75, 3.05) is 18.8 Å². The van der Waals surface area contributed by atoms with Crippen molar-refractivity contribution in [2.24, 2.45) is 0 Å². The van der Waals surface area contributed by atoms with Gasteiger partial charge in [-0.15, -0.1) is 0 Å². The highest BCUT2D eigenvalue weighted by Crippen LogP contribution is 2.48. The molecule has 2 rings (SSSR count). The number of rotatable bonds is 6. The van der Waals surface area contributed by atoms with E-state index in [9.17, 15) is 9.00 Å². The quantitative estimate of drug-likeness (QED) is 0.839. The summed E-state index contributed by atoms with van der Waals surface area (Å²) in [6, 6.07) is 8.22. The molecule has 23 heavy (non-hydrogen) atoms. The van der Waals surface area contributed by atoms with Crippen LogP contribution < -0.4 is 10.6 Å². The summed E-state index contributed by atoms with van der Waals surface area (Å²) in [5, 5.41) is 5.78. The van der Waals surface area contributed by atoms with E-state index in [4.69, 9.17) is 0 Å². The number of benzene rings is 1. The fraction of sp³-hybridized carbons (Fsp3) is 0.611. The van der Waals surface area contributed by atoms with E-state index < -0.39 is 10.8 Å². The summed E-state index contributed by atoms with van der Waals surface area (Å²) in [6.07, 6.45) is 2.23. The van der Waals surface area contributed by atoms with Crippen LogP contribution in [0.1, 0.15) is 44.7 Å². The number of amides is 2. The Hall–Kier alpha value is -1.36. The molecule has 1 atom stereocenters. The van der Waals surface area contributed by atoms with Crippen LogP contribution >= 0.6 is 0 Å². The molecule has 0 unspecified atom stereocenters. The van der Waals surface area contributed by atoms with Gasteiger partial charge in [-0.3, -0.25) is 4.21 Å². The van der Waals surface area contributed by atoms with Gasteiger partial charge in [0.15, 0.2) is 0 Å². The first-order valence-corrected chi connectivity index (χ1v) is 9.53. The maximum Gasteiger partial charge on any atom is 0.314 e. The molecule has 0 aliphatic heterocycles. The molecule has 5 heteroatoms. The molecule has 0 spiro atoms. The van der Waals surface area contributed by atoms with Crippen molar-refractivity contribution < 1.29 is 9.00 Å². The Morgan fingerprint density at radius 1 is 1.22 bits per heavy atom. The van der Waals surface area contributed by atoms with Crippen LogP contribution in [0, 0.1) is 6.92 Å². The van der Waals surface area contributed by atoms with E-state index >= 15 is 0 Å². The minimum atomic E-state index is -0.938. The minimum Gasteiger partial charge on any atom is -0.337 e. The molecule has 1 aromatic carbocycles. The monoisotopic (exact) mass is 336 g/mol. The molecule has 1 aliphatic carbocycles. The van der Waals surface area contributed by atoms with E-state index in [1.54, 1.807) is 0 Å². The normalized spacial score (nSPS) is 17.4. The smallest absolute Gasteiger partial charge is 0.314 e. The molecule has 0 bridgehead atoms. The second-order valence-corrected chi connectivity index (χ2v) is 9.69. The third-order valence-electron chi connectivity index (χ3n) is 4.41. The van der Waals surface area contributed by atoms with Crippen LogP contribution in [-0.2, 0) is 16.2 Å². The minimum absolute atomic E-state index is 0.108. The second kappa shape index (κ2) is 7.04. The van der Waals surface area contributed by atoms with E-state index in [1.165, 1.54) is 11.1 Å². The van der Waals surface area contributed by atoms with Crippen LogP contribution in [0.25, 0.3) is 0 Å². The number of nitrogens with one attached hydrogen (secondary N) is 2. The predicted molar refractivity (Wildman–Crippen MR) is 96.3 cm³/mol. The van der Waals surface area contributed by atoms with Crippen molar-refractivity contribution in [3.8, 4) is 0 Å². The molecule has 0 heterocycles. The lowest BCUT2D eigenvalue weighted by Gasteiger charge is -2.20. The first-order valence-electron chi connectivity index (χ1n) is 8.21. The number of aryl methyl sites for hydroxylation is 1. The largest absolute Gasteiger partial charge is 0.337 e. The van der Waals surface area contributed by atoms with Crippen molar-refractivity contribution in [2.45, 2.75) is 50.7 Å². The maximum atomic E-state index is 11.9. The zero-order chi connectivity index (χ0) is 17.1. The van der Waals surface area contributed by atoms with Gasteiger partial charge in [-0.25, -0.2) is 4.79 Å². The van der Waals surface area contributed by atoms with Crippen molar-refractivity contribution >= 4 is 16.8 Å². The van der Waals surface area contributed by atoms with Gasteiger partial charge >= 0.3 is 6.03 Å². The molecule has 2 amide bonds. The molecule has 2 N–H and O–H groups in total. The number of hydrogen-bond acceptors (Lipinski definition) is 2. The van der Waals surface area contributed by atoms with Gasteiger partial charge in [0.25, 0.3) is 0 Å². The first kappa shape index (κ1) is 18.0. The molecule has 1 aliphatic rings. The number of carbonyl (C=O) groups is 1. The van der Waals surface area contributed by atoms with Crippen molar-refractivity contribution in [3.05, 3.63) is 35.4 Å². The van der Waals surface area contributed by atoms with E-state index in [0.717, 1.165) is 12.8 Å². The van der Waals surface area contributed by atoms with E-state index in [1.807, 2.05) is 26.8 Å². The Morgan fingerprint density at radius 2 is 1.87 bits per heavy atom. The molecule has 4 nitrogen and oxygen atoms in total. The van der Waals surface area contributed by atoms with Gasteiger partial charge in [0.05, 0.1) is 0 Å². The fourth-order valence-electron chi connectivity index (χ4n) is 2.74. The summed E-state index contributed by atoms with van der Waals surface area (Å²) in [4.78, 5) is 11.9. The molecular formula is C18H28N2O2S. The fourth-order valence-corrected chi connectivity index (χ4v) is 3.64. The standard InChI is InChI=1S/C18H28N2O2S/c1-14-7-5-6-8-15(14)18(9-10-18)13-20-16(21)19-11-12-23(22)17(2,3)4/h5-8H,9-13H2,1-4H3,(H2,19,20,21)/t23-/m0/s1. The Morgan fingerprint density at radius 3 is 2.43 bits per heavy atom. The summed E-state index contributed by atoms with van der Waals surface area (Å²) in [5.74, 6) is 0.486. The summed E-state index contributed by atoms with van der Waals surface area (Å²) in [7, 11) is -0.938. The summed E-state index contributed by atoms with van der Waals surface area (Å²) in [6.45, 7) is 9.06. The highest BCUT2D eigenvalue weighted by atomic mass is 32.2. The van der Waals surface area contributed by atoms with Crippen LogP contribution in [0.4, 0.5) is 4.79 Å². The zero-order valence-corrected chi connectivity index (χ0v) is 15.4. The van der Waals surface area contributed by atoms with Gasteiger partial charge in [0.2, 0.25) is 0 Å². The van der Waals surface area contributed by atoms with Gasteiger partial charge in [-0.1, -0.05) is 24.3 Å². The van der Waals surface area contributed by atoms with Crippen LogP contribution in [0.5, 0.6) is 0 Å². The highest BCUT2D eigenvalue weighted by Gasteiger charge is 2.45. The van der Waals surface area contributed by atoms with E-state index in [2.05, 4.69) is 35.8 Å².